The van der Waals surface area contributed by atoms with Crippen molar-refractivity contribution in [3.63, 3.8) is 0 Å². The molecule has 0 radical (unpaired) electrons. The highest BCUT2D eigenvalue weighted by Crippen LogP contribution is 1.98. The van der Waals surface area contributed by atoms with Crippen molar-refractivity contribution in [2.75, 3.05) is 0 Å². The molecule has 0 saturated carbocycles. The number of carboxylic acids is 4. The molecule has 22 heavy (non-hydrogen) atoms. The Kier molecular flexibility index (Phi) is 16.4. The van der Waals surface area contributed by atoms with E-state index < -0.39 is 23.9 Å². The van der Waals surface area contributed by atoms with Gasteiger partial charge in [0.2, 0.25) is 0 Å². The third-order valence-electron chi connectivity index (χ3n) is 1.76. The first-order chi connectivity index (χ1) is 9.91. The van der Waals surface area contributed by atoms with Crippen LogP contribution >= 0.6 is 0 Å². The summed E-state index contributed by atoms with van der Waals surface area (Å²) < 4.78 is 0. The SMILES string of the molecule is C=C(C)C(=O)O.C=C(C)C(=O)O.O=C(O)CCCCC(=O)O. The highest BCUT2D eigenvalue weighted by Gasteiger charge is 1.99. The first-order valence-electron chi connectivity index (χ1n) is 6.13. The second kappa shape index (κ2) is 14.8. The Bertz CT molecular complexity index is 359. The van der Waals surface area contributed by atoms with Gasteiger partial charge >= 0.3 is 23.9 Å². The summed E-state index contributed by atoms with van der Waals surface area (Å²) in [4.78, 5) is 39.0. The normalized spacial score (nSPS) is 8.27. The maximum absolute atomic E-state index is 9.90. The molecule has 0 fully saturated rings. The lowest BCUT2D eigenvalue weighted by molar-refractivity contribution is -0.139. The van der Waals surface area contributed by atoms with Crippen LogP contribution in [-0.4, -0.2) is 44.3 Å². The lowest BCUT2D eigenvalue weighted by atomic mass is 10.2. The zero-order chi connectivity index (χ0) is 18.3. The van der Waals surface area contributed by atoms with Crippen LogP contribution < -0.4 is 0 Å². The summed E-state index contributed by atoms with van der Waals surface area (Å²) in [6.45, 7) is 9.20. The van der Waals surface area contributed by atoms with Gasteiger partial charge < -0.3 is 20.4 Å². The van der Waals surface area contributed by atoms with Gasteiger partial charge in [-0.15, -0.1) is 0 Å². The maximum atomic E-state index is 9.90. The molecule has 126 valence electrons. The van der Waals surface area contributed by atoms with Crippen LogP contribution in [0.1, 0.15) is 39.5 Å². The minimum absolute atomic E-state index is 0.0628. The first kappa shape index (κ1) is 24.4. The Morgan fingerprint density at radius 1 is 0.682 bits per heavy atom. The van der Waals surface area contributed by atoms with E-state index in [1.54, 1.807) is 0 Å². The minimum Gasteiger partial charge on any atom is -0.481 e. The molecule has 0 spiro atoms. The van der Waals surface area contributed by atoms with E-state index in [1.165, 1.54) is 13.8 Å². The molecule has 8 nitrogen and oxygen atoms in total. The van der Waals surface area contributed by atoms with Crippen molar-refractivity contribution in [2.24, 2.45) is 0 Å². The molecule has 0 aliphatic carbocycles. The Hall–Kier alpha value is -2.64. The lowest BCUT2D eigenvalue weighted by Crippen LogP contribution is -1.97. The van der Waals surface area contributed by atoms with E-state index in [4.69, 9.17) is 20.4 Å². The van der Waals surface area contributed by atoms with E-state index in [1.807, 2.05) is 0 Å². The van der Waals surface area contributed by atoms with Crippen molar-refractivity contribution in [1.82, 2.24) is 0 Å². The summed E-state index contributed by atoms with van der Waals surface area (Å²) in [6, 6.07) is 0. The van der Waals surface area contributed by atoms with Crippen molar-refractivity contribution in [2.45, 2.75) is 39.5 Å². The van der Waals surface area contributed by atoms with Gasteiger partial charge in [0.1, 0.15) is 0 Å². The fourth-order valence-electron chi connectivity index (χ4n) is 0.552. The van der Waals surface area contributed by atoms with Crippen molar-refractivity contribution in [1.29, 1.82) is 0 Å². The summed E-state index contributed by atoms with van der Waals surface area (Å²) >= 11 is 0. The number of carbonyl (C=O) groups is 4. The van der Waals surface area contributed by atoms with E-state index in [2.05, 4.69) is 13.2 Å². The number of aliphatic carboxylic acids is 4. The standard InChI is InChI=1S/C6H10O4.2C4H6O2/c7-5(8)3-1-2-4-6(9)10;2*1-3(2)4(5)6/h1-4H2,(H,7,8)(H,9,10);2*1H2,2H3,(H,5,6). The summed E-state index contributed by atoms with van der Waals surface area (Å²) in [7, 11) is 0. The van der Waals surface area contributed by atoms with E-state index in [9.17, 15) is 19.2 Å². The molecule has 0 bridgehead atoms. The zero-order valence-corrected chi connectivity index (χ0v) is 12.7. The topological polar surface area (TPSA) is 149 Å². The Labute approximate surface area is 128 Å². The largest absolute Gasteiger partial charge is 0.481 e. The van der Waals surface area contributed by atoms with Crippen molar-refractivity contribution >= 4 is 23.9 Å². The quantitative estimate of drug-likeness (QED) is 0.411. The number of hydrogen-bond acceptors (Lipinski definition) is 4. The fourth-order valence-corrected chi connectivity index (χ4v) is 0.552. The van der Waals surface area contributed by atoms with Crippen LogP contribution in [-0.2, 0) is 19.2 Å². The van der Waals surface area contributed by atoms with Crippen LogP contribution in [0.5, 0.6) is 0 Å². The van der Waals surface area contributed by atoms with Crippen LogP contribution in [0.2, 0.25) is 0 Å². The van der Waals surface area contributed by atoms with Crippen LogP contribution in [0.3, 0.4) is 0 Å². The number of unbranched alkanes of at least 4 members (excludes halogenated alkanes) is 1. The monoisotopic (exact) mass is 318 g/mol. The summed E-state index contributed by atoms with van der Waals surface area (Å²) in [6.07, 6.45) is 1.02. The van der Waals surface area contributed by atoms with Gasteiger partial charge in [-0.25, -0.2) is 9.59 Å². The third kappa shape index (κ3) is 30.4. The number of rotatable bonds is 7. The van der Waals surface area contributed by atoms with Crippen molar-refractivity contribution < 1.29 is 39.6 Å². The smallest absolute Gasteiger partial charge is 0.330 e. The van der Waals surface area contributed by atoms with E-state index >= 15 is 0 Å². The molecule has 0 aromatic rings. The van der Waals surface area contributed by atoms with Gasteiger partial charge in [0.25, 0.3) is 0 Å². The lowest BCUT2D eigenvalue weighted by Gasteiger charge is -1.92. The predicted molar refractivity (Wildman–Crippen MR) is 78.6 cm³/mol. The second-order valence-corrected chi connectivity index (χ2v) is 4.17. The highest BCUT2D eigenvalue weighted by molar-refractivity contribution is 5.85. The molecule has 8 heteroatoms. The van der Waals surface area contributed by atoms with Gasteiger partial charge in [0.05, 0.1) is 0 Å². The van der Waals surface area contributed by atoms with E-state index in [0.717, 1.165) is 0 Å². The molecule has 0 aliphatic rings. The third-order valence-corrected chi connectivity index (χ3v) is 1.76. The van der Waals surface area contributed by atoms with Gasteiger partial charge in [-0.3, -0.25) is 9.59 Å². The summed E-state index contributed by atoms with van der Waals surface area (Å²) in [5.74, 6) is -3.61. The second-order valence-electron chi connectivity index (χ2n) is 4.17. The number of hydrogen-bond donors (Lipinski definition) is 4. The number of carboxylic acid groups (broad SMARTS) is 4. The first-order valence-corrected chi connectivity index (χ1v) is 6.13. The molecular formula is C14H22O8. The summed E-state index contributed by atoms with van der Waals surface area (Å²) in [5.41, 5.74) is 0.352. The predicted octanol–water partition coefficient (Wildman–Crippen LogP) is 2.01. The van der Waals surface area contributed by atoms with Crippen LogP contribution in [0, 0.1) is 0 Å². The van der Waals surface area contributed by atoms with Gasteiger partial charge in [0.15, 0.2) is 0 Å². The van der Waals surface area contributed by atoms with Crippen LogP contribution in [0.15, 0.2) is 24.3 Å². The van der Waals surface area contributed by atoms with E-state index in [0.29, 0.717) is 12.8 Å². The average molecular weight is 318 g/mol. The van der Waals surface area contributed by atoms with Gasteiger partial charge in [0, 0.05) is 24.0 Å². The molecule has 4 N–H and O–H groups in total. The Morgan fingerprint density at radius 2 is 0.864 bits per heavy atom. The Balaban J connectivity index is -0.000000261. The zero-order valence-electron chi connectivity index (χ0n) is 12.7. The van der Waals surface area contributed by atoms with E-state index in [-0.39, 0.29) is 24.0 Å². The molecule has 0 aliphatic heterocycles. The molecule has 0 aromatic carbocycles. The molecule has 0 amide bonds. The molecular weight excluding hydrogens is 296 g/mol. The molecule has 0 heterocycles. The molecule has 0 rings (SSSR count). The molecule has 0 unspecified atom stereocenters. The van der Waals surface area contributed by atoms with Crippen LogP contribution in [0.4, 0.5) is 0 Å². The molecule has 0 aromatic heterocycles. The molecule has 0 saturated heterocycles. The highest BCUT2D eigenvalue weighted by atomic mass is 16.4. The van der Waals surface area contributed by atoms with Crippen molar-refractivity contribution in [3.8, 4) is 0 Å². The van der Waals surface area contributed by atoms with Crippen molar-refractivity contribution in [3.05, 3.63) is 24.3 Å². The minimum atomic E-state index is -0.935. The van der Waals surface area contributed by atoms with Crippen LogP contribution in [0.25, 0.3) is 0 Å². The fraction of sp³-hybridized carbons (Fsp3) is 0.429. The maximum Gasteiger partial charge on any atom is 0.330 e. The van der Waals surface area contributed by atoms with Gasteiger partial charge in [-0.2, -0.15) is 0 Å². The van der Waals surface area contributed by atoms with Gasteiger partial charge in [-0.05, 0) is 26.7 Å². The Morgan fingerprint density at radius 3 is 0.955 bits per heavy atom. The average Bonchev–Trinajstić information content (AvgIpc) is 2.35. The van der Waals surface area contributed by atoms with Gasteiger partial charge in [-0.1, -0.05) is 13.2 Å². The molecule has 0 atom stereocenters. The summed E-state index contributed by atoms with van der Waals surface area (Å²) in [5, 5.41) is 32.0.